The number of alkyl halides is 1. The molecule has 0 aromatic carbocycles. The number of nitrogens with zero attached hydrogens (tertiary/aromatic N) is 1. The van der Waals surface area contributed by atoms with Crippen molar-refractivity contribution in [3.8, 4) is 0 Å². The van der Waals surface area contributed by atoms with Gasteiger partial charge in [0.2, 0.25) is 0 Å². The smallest absolute Gasteiger partial charge is 0.0922 e. The minimum absolute atomic E-state index is 0.782. The largest absolute Gasteiger partial charge is 0.325 e. The van der Waals surface area contributed by atoms with Crippen molar-refractivity contribution in [2.75, 3.05) is 32.6 Å². The Labute approximate surface area is 69.6 Å². The highest BCUT2D eigenvalue weighted by molar-refractivity contribution is 6.17. The minimum Gasteiger partial charge on any atom is -0.325 e. The molecule has 0 bridgehead atoms. The van der Waals surface area contributed by atoms with Crippen molar-refractivity contribution >= 4 is 11.6 Å². The maximum atomic E-state index is 5.68. The van der Waals surface area contributed by atoms with Gasteiger partial charge in [-0.25, -0.2) is 0 Å². The van der Waals surface area contributed by atoms with Crippen molar-refractivity contribution < 1.29 is 4.48 Å². The molecule has 1 nitrogen and oxygen atoms in total. The van der Waals surface area contributed by atoms with Crippen LogP contribution >= 0.6 is 11.6 Å². The van der Waals surface area contributed by atoms with Gasteiger partial charge in [-0.05, 0) is 13.3 Å². The summed E-state index contributed by atoms with van der Waals surface area (Å²) in [5.41, 5.74) is 0. The van der Waals surface area contributed by atoms with Gasteiger partial charge in [0.15, 0.2) is 0 Å². The van der Waals surface area contributed by atoms with Crippen LogP contribution in [0.5, 0.6) is 0 Å². The number of halogens is 1. The fourth-order valence-corrected chi connectivity index (χ4v) is 1.58. The SMILES string of the molecule is CCC[N+](C)(CC)CCCl. The third kappa shape index (κ3) is 3.43. The predicted octanol–water partition coefficient (Wildman–Crippen LogP) is 2.10. The standard InChI is InChI=1S/C8H19ClN/c1-4-7-10(3,5-2)8-6-9/h4-8H2,1-3H3/q+1. The van der Waals surface area contributed by atoms with E-state index in [1.54, 1.807) is 0 Å². The van der Waals surface area contributed by atoms with Crippen LogP contribution < -0.4 is 0 Å². The van der Waals surface area contributed by atoms with E-state index >= 15 is 0 Å². The second kappa shape index (κ2) is 4.97. The topological polar surface area (TPSA) is 0 Å². The van der Waals surface area contributed by atoms with Gasteiger partial charge in [0.05, 0.1) is 32.6 Å². The van der Waals surface area contributed by atoms with E-state index in [1.807, 2.05) is 0 Å². The van der Waals surface area contributed by atoms with Gasteiger partial charge in [-0.2, -0.15) is 0 Å². The van der Waals surface area contributed by atoms with E-state index in [2.05, 4.69) is 20.9 Å². The lowest BCUT2D eigenvalue weighted by atomic mass is 10.3. The molecule has 62 valence electrons. The van der Waals surface area contributed by atoms with Crippen LogP contribution in [-0.2, 0) is 0 Å². The molecule has 10 heavy (non-hydrogen) atoms. The van der Waals surface area contributed by atoms with E-state index in [4.69, 9.17) is 11.6 Å². The van der Waals surface area contributed by atoms with Gasteiger partial charge in [-0.15, -0.1) is 11.6 Å². The van der Waals surface area contributed by atoms with Crippen LogP contribution in [0.1, 0.15) is 20.3 Å². The Kier molecular flexibility index (Phi) is 5.10. The zero-order chi connectivity index (χ0) is 8.04. The summed E-state index contributed by atoms with van der Waals surface area (Å²) in [7, 11) is 2.27. The first-order valence-electron chi connectivity index (χ1n) is 4.08. The average Bonchev–Trinajstić information content (AvgIpc) is 1.89. The number of quaternary nitrogens is 1. The summed E-state index contributed by atoms with van der Waals surface area (Å²) in [5, 5.41) is 0. The first-order chi connectivity index (χ1) is 4.68. The van der Waals surface area contributed by atoms with Crippen LogP contribution in [0.3, 0.4) is 0 Å². The van der Waals surface area contributed by atoms with Crippen molar-refractivity contribution in [3.05, 3.63) is 0 Å². The van der Waals surface area contributed by atoms with Crippen molar-refractivity contribution in [2.24, 2.45) is 0 Å². The van der Waals surface area contributed by atoms with Crippen LogP contribution in [0, 0.1) is 0 Å². The molecule has 0 aliphatic heterocycles. The Hall–Kier alpha value is 0.250. The van der Waals surface area contributed by atoms with Crippen molar-refractivity contribution in [1.82, 2.24) is 0 Å². The second-order valence-corrected chi connectivity index (χ2v) is 3.45. The van der Waals surface area contributed by atoms with E-state index in [0.29, 0.717) is 0 Å². The highest BCUT2D eigenvalue weighted by Gasteiger charge is 2.15. The van der Waals surface area contributed by atoms with E-state index in [1.165, 1.54) is 19.5 Å². The molecule has 0 aliphatic rings. The van der Waals surface area contributed by atoms with Crippen LogP contribution in [0.4, 0.5) is 0 Å². The lowest BCUT2D eigenvalue weighted by Gasteiger charge is -2.32. The molecule has 0 N–H and O–H groups in total. The summed E-state index contributed by atoms with van der Waals surface area (Å²) < 4.78 is 1.12. The molecule has 0 saturated heterocycles. The molecule has 1 unspecified atom stereocenters. The van der Waals surface area contributed by atoms with Crippen molar-refractivity contribution in [2.45, 2.75) is 20.3 Å². The molecule has 0 aromatic heterocycles. The van der Waals surface area contributed by atoms with Gasteiger partial charge in [0.25, 0.3) is 0 Å². The van der Waals surface area contributed by atoms with Crippen LogP contribution in [0.15, 0.2) is 0 Å². The number of hydrogen-bond donors (Lipinski definition) is 0. The molecule has 0 amide bonds. The molecule has 0 aromatic rings. The Morgan fingerprint density at radius 3 is 2.10 bits per heavy atom. The lowest BCUT2D eigenvalue weighted by molar-refractivity contribution is -0.905. The third-order valence-corrected chi connectivity index (χ3v) is 2.32. The Morgan fingerprint density at radius 1 is 1.20 bits per heavy atom. The van der Waals surface area contributed by atoms with Gasteiger partial charge in [0, 0.05) is 0 Å². The Balaban J connectivity index is 3.69. The van der Waals surface area contributed by atoms with Crippen LogP contribution in [0.2, 0.25) is 0 Å². The highest BCUT2D eigenvalue weighted by atomic mass is 35.5. The first kappa shape index (κ1) is 10.2. The average molecular weight is 165 g/mol. The fraction of sp³-hybridized carbons (Fsp3) is 1.00. The molecule has 2 heteroatoms. The highest BCUT2D eigenvalue weighted by Crippen LogP contribution is 2.03. The van der Waals surface area contributed by atoms with Gasteiger partial charge in [0.1, 0.15) is 0 Å². The Morgan fingerprint density at radius 2 is 1.80 bits per heavy atom. The van der Waals surface area contributed by atoms with Gasteiger partial charge < -0.3 is 4.48 Å². The summed E-state index contributed by atoms with van der Waals surface area (Å²) in [6.45, 7) is 8.00. The van der Waals surface area contributed by atoms with E-state index in [-0.39, 0.29) is 0 Å². The van der Waals surface area contributed by atoms with Crippen LogP contribution in [-0.4, -0.2) is 37.0 Å². The van der Waals surface area contributed by atoms with Gasteiger partial charge in [-0.1, -0.05) is 6.92 Å². The Bertz CT molecular complexity index is 77.3. The quantitative estimate of drug-likeness (QED) is 0.431. The first-order valence-corrected chi connectivity index (χ1v) is 4.61. The summed E-state index contributed by atoms with van der Waals surface area (Å²) in [6.07, 6.45) is 1.25. The zero-order valence-corrected chi connectivity index (χ0v) is 8.12. The monoisotopic (exact) mass is 164 g/mol. The van der Waals surface area contributed by atoms with Crippen molar-refractivity contribution in [1.29, 1.82) is 0 Å². The second-order valence-electron chi connectivity index (χ2n) is 3.07. The predicted molar refractivity (Wildman–Crippen MR) is 47.5 cm³/mol. The molecule has 0 rings (SSSR count). The molecule has 0 spiro atoms. The van der Waals surface area contributed by atoms with Gasteiger partial charge in [-0.3, -0.25) is 0 Å². The van der Waals surface area contributed by atoms with Gasteiger partial charge >= 0.3 is 0 Å². The summed E-state index contributed by atoms with van der Waals surface area (Å²) in [4.78, 5) is 0. The maximum absolute atomic E-state index is 5.68. The number of rotatable bonds is 5. The summed E-state index contributed by atoms with van der Waals surface area (Å²) >= 11 is 5.68. The van der Waals surface area contributed by atoms with E-state index < -0.39 is 0 Å². The molecule has 0 aliphatic carbocycles. The molecular weight excluding hydrogens is 146 g/mol. The lowest BCUT2D eigenvalue weighted by Crippen LogP contribution is -2.45. The maximum Gasteiger partial charge on any atom is 0.0922 e. The normalized spacial score (nSPS) is 16.8. The molecule has 1 atom stereocenters. The third-order valence-electron chi connectivity index (χ3n) is 2.15. The molecular formula is C8H19ClN+. The van der Waals surface area contributed by atoms with E-state index in [9.17, 15) is 0 Å². The minimum atomic E-state index is 0.782. The number of hydrogen-bond acceptors (Lipinski definition) is 0. The summed E-state index contributed by atoms with van der Waals surface area (Å²) in [5.74, 6) is 0.782. The fourth-order valence-electron chi connectivity index (χ4n) is 1.17. The van der Waals surface area contributed by atoms with Crippen LogP contribution in [0.25, 0.3) is 0 Å². The zero-order valence-electron chi connectivity index (χ0n) is 7.36. The summed E-state index contributed by atoms with van der Waals surface area (Å²) in [6, 6.07) is 0. The van der Waals surface area contributed by atoms with Crippen molar-refractivity contribution in [3.63, 3.8) is 0 Å². The van der Waals surface area contributed by atoms with E-state index in [0.717, 1.165) is 16.9 Å². The molecule has 0 fully saturated rings. The molecule has 0 saturated carbocycles. The molecule has 0 radical (unpaired) electrons. The molecule has 0 heterocycles.